The molecule has 4 nitrogen and oxygen atoms in total. The summed E-state index contributed by atoms with van der Waals surface area (Å²) in [5.74, 6) is 0.555. The first-order valence-corrected chi connectivity index (χ1v) is 10.6. The second-order valence-corrected chi connectivity index (χ2v) is 8.63. The Bertz CT molecular complexity index is 1180. The summed E-state index contributed by atoms with van der Waals surface area (Å²) in [7, 11) is -3.36. The summed E-state index contributed by atoms with van der Waals surface area (Å²) < 4.78 is 30.5. The number of benzene rings is 3. The van der Waals surface area contributed by atoms with Crippen LogP contribution in [0, 0.1) is 6.92 Å². The van der Waals surface area contributed by atoms with Crippen molar-refractivity contribution in [3.63, 3.8) is 0 Å². The molecule has 4 rings (SSSR count). The van der Waals surface area contributed by atoms with Gasteiger partial charge in [0.05, 0.1) is 16.8 Å². The number of aryl methyl sites for hydroxylation is 1. The van der Waals surface area contributed by atoms with Crippen molar-refractivity contribution in [1.82, 2.24) is 4.98 Å². The molecule has 28 heavy (non-hydrogen) atoms. The SMILES string of the molecule is Cc1ccc(-c2ncco2)cc1-c1ccc(CS(=O)(=O)c2ccccc2)cc1. The molecular formula is C23H19NO3S. The molecular weight excluding hydrogens is 370 g/mol. The average Bonchev–Trinajstić information content (AvgIpc) is 3.24. The predicted molar refractivity (Wildman–Crippen MR) is 109 cm³/mol. The van der Waals surface area contributed by atoms with Crippen molar-refractivity contribution >= 4 is 9.84 Å². The summed E-state index contributed by atoms with van der Waals surface area (Å²) in [4.78, 5) is 4.54. The molecule has 0 N–H and O–H groups in total. The summed E-state index contributed by atoms with van der Waals surface area (Å²) in [5, 5.41) is 0. The number of nitrogens with zero attached hydrogens (tertiary/aromatic N) is 1. The van der Waals surface area contributed by atoms with Crippen LogP contribution in [0.15, 0.2) is 94.6 Å². The third-order valence-corrected chi connectivity index (χ3v) is 6.34. The van der Waals surface area contributed by atoms with Gasteiger partial charge in [0.15, 0.2) is 9.84 Å². The largest absolute Gasteiger partial charge is 0.445 e. The van der Waals surface area contributed by atoms with Crippen molar-refractivity contribution in [3.05, 3.63) is 96.4 Å². The Hall–Kier alpha value is -3.18. The summed E-state index contributed by atoms with van der Waals surface area (Å²) >= 11 is 0. The molecule has 0 fully saturated rings. The Labute approximate surface area is 164 Å². The van der Waals surface area contributed by atoms with Gasteiger partial charge in [-0.1, -0.05) is 48.5 Å². The second-order valence-electron chi connectivity index (χ2n) is 6.64. The first kappa shape index (κ1) is 18.2. The highest BCUT2D eigenvalue weighted by molar-refractivity contribution is 7.90. The first-order valence-electron chi connectivity index (χ1n) is 8.90. The monoisotopic (exact) mass is 389 g/mol. The Kier molecular flexibility index (Phi) is 4.84. The van der Waals surface area contributed by atoms with Gasteiger partial charge in [0, 0.05) is 5.56 Å². The van der Waals surface area contributed by atoms with E-state index in [1.807, 2.05) is 55.5 Å². The summed E-state index contributed by atoms with van der Waals surface area (Å²) in [6, 6.07) is 22.2. The molecule has 0 unspecified atom stereocenters. The zero-order valence-corrected chi connectivity index (χ0v) is 16.2. The van der Waals surface area contributed by atoms with Crippen molar-refractivity contribution < 1.29 is 12.8 Å². The number of aromatic nitrogens is 1. The fourth-order valence-corrected chi connectivity index (χ4v) is 4.51. The van der Waals surface area contributed by atoms with Gasteiger partial charge in [0.1, 0.15) is 6.26 Å². The van der Waals surface area contributed by atoms with E-state index >= 15 is 0 Å². The normalized spacial score (nSPS) is 11.5. The Morgan fingerprint density at radius 2 is 1.61 bits per heavy atom. The Morgan fingerprint density at radius 3 is 2.29 bits per heavy atom. The lowest BCUT2D eigenvalue weighted by atomic mass is 9.97. The highest BCUT2D eigenvalue weighted by Gasteiger charge is 2.15. The first-order chi connectivity index (χ1) is 13.5. The lowest BCUT2D eigenvalue weighted by Crippen LogP contribution is -2.04. The van der Waals surface area contributed by atoms with E-state index in [2.05, 4.69) is 4.98 Å². The minimum atomic E-state index is -3.36. The fraction of sp³-hybridized carbons (Fsp3) is 0.0870. The molecule has 0 bridgehead atoms. The lowest BCUT2D eigenvalue weighted by molar-refractivity contribution is 0.574. The highest BCUT2D eigenvalue weighted by atomic mass is 32.2. The van der Waals surface area contributed by atoms with Gasteiger partial charge in [-0.15, -0.1) is 0 Å². The van der Waals surface area contributed by atoms with Crippen LogP contribution in [0.4, 0.5) is 0 Å². The van der Waals surface area contributed by atoms with Crippen LogP contribution in [-0.4, -0.2) is 13.4 Å². The standard InChI is InChI=1S/C23H19NO3S/c1-17-7-10-20(23-24-13-14-27-23)15-22(17)19-11-8-18(9-12-19)16-28(25,26)21-5-3-2-4-6-21/h2-15H,16H2,1H3. The third-order valence-electron chi connectivity index (χ3n) is 4.64. The number of hydrogen-bond donors (Lipinski definition) is 0. The maximum atomic E-state index is 12.6. The minimum Gasteiger partial charge on any atom is -0.445 e. The smallest absolute Gasteiger partial charge is 0.225 e. The van der Waals surface area contributed by atoms with Crippen LogP contribution < -0.4 is 0 Å². The highest BCUT2D eigenvalue weighted by Crippen LogP contribution is 2.29. The summed E-state index contributed by atoms with van der Waals surface area (Å²) in [6.07, 6.45) is 3.17. The average molecular weight is 389 g/mol. The number of oxazole rings is 1. The Balaban J connectivity index is 1.61. The molecule has 0 aliphatic carbocycles. The maximum Gasteiger partial charge on any atom is 0.225 e. The van der Waals surface area contributed by atoms with E-state index in [1.54, 1.807) is 36.7 Å². The van der Waals surface area contributed by atoms with Crippen LogP contribution in [0.5, 0.6) is 0 Å². The van der Waals surface area contributed by atoms with E-state index in [4.69, 9.17) is 4.42 Å². The Morgan fingerprint density at radius 1 is 0.893 bits per heavy atom. The molecule has 140 valence electrons. The lowest BCUT2D eigenvalue weighted by Gasteiger charge is -2.10. The molecule has 0 saturated carbocycles. The molecule has 1 heterocycles. The van der Waals surface area contributed by atoms with Crippen LogP contribution in [0.1, 0.15) is 11.1 Å². The van der Waals surface area contributed by atoms with E-state index in [0.29, 0.717) is 10.8 Å². The van der Waals surface area contributed by atoms with Crippen LogP contribution in [0.2, 0.25) is 0 Å². The summed E-state index contributed by atoms with van der Waals surface area (Å²) in [5.41, 5.74) is 4.87. The zero-order chi connectivity index (χ0) is 19.6. The van der Waals surface area contributed by atoms with Crippen LogP contribution in [0.25, 0.3) is 22.6 Å². The molecule has 4 aromatic rings. The van der Waals surface area contributed by atoms with Crippen LogP contribution in [-0.2, 0) is 15.6 Å². The molecule has 0 amide bonds. The van der Waals surface area contributed by atoms with Gasteiger partial charge in [-0.05, 0) is 53.4 Å². The van der Waals surface area contributed by atoms with Gasteiger partial charge in [-0.2, -0.15) is 0 Å². The fourth-order valence-electron chi connectivity index (χ4n) is 3.14. The van der Waals surface area contributed by atoms with Crippen molar-refractivity contribution in [2.24, 2.45) is 0 Å². The molecule has 0 aliphatic heterocycles. The van der Waals surface area contributed by atoms with Crippen molar-refractivity contribution in [1.29, 1.82) is 0 Å². The molecule has 0 atom stereocenters. The van der Waals surface area contributed by atoms with Gasteiger partial charge in [0.25, 0.3) is 0 Å². The molecule has 0 spiro atoms. The van der Waals surface area contributed by atoms with Gasteiger partial charge in [-0.3, -0.25) is 0 Å². The quantitative estimate of drug-likeness (QED) is 0.465. The van der Waals surface area contributed by atoms with E-state index in [-0.39, 0.29) is 5.75 Å². The van der Waals surface area contributed by atoms with E-state index < -0.39 is 9.84 Å². The second kappa shape index (κ2) is 7.44. The number of hydrogen-bond acceptors (Lipinski definition) is 4. The van der Waals surface area contributed by atoms with Crippen molar-refractivity contribution in [3.8, 4) is 22.6 Å². The van der Waals surface area contributed by atoms with Gasteiger partial charge >= 0.3 is 0 Å². The van der Waals surface area contributed by atoms with Crippen molar-refractivity contribution in [2.75, 3.05) is 0 Å². The van der Waals surface area contributed by atoms with Crippen LogP contribution >= 0.6 is 0 Å². The van der Waals surface area contributed by atoms with E-state index in [0.717, 1.165) is 27.8 Å². The van der Waals surface area contributed by atoms with Gasteiger partial charge in [0.2, 0.25) is 5.89 Å². The van der Waals surface area contributed by atoms with E-state index in [9.17, 15) is 8.42 Å². The third kappa shape index (κ3) is 3.75. The summed E-state index contributed by atoms with van der Waals surface area (Å²) in [6.45, 7) is 2.04. The van der Waals surface area contributed by atoms with E-state index in [1.165, 1.54) is 0 Å². The topological polar surface area (TPSA) is 60.2 Å². The van der Waals surface area contributed by atoms with Gasteiger partial charge in [-0.25, -0.2) is 13.4 Å². The number of sulfone groups is 1. The molecule has 0 radical (unpaired) electrons. The molecule has 0 aliphatic rings. The maximum absolute atomic E-state index is 12.6. The molecule has 0 saturated heterocycles. The predicted octanol–water partition coefficient (Wildman–Crippen LogP) is 5.29. The molecule has 3 aromatic carbocycles. The minimum absolute atomic E-state index is 0.0212. The van der Waals surface area contributed by atoms with Crippen LogP contribution in [0.3, 0.4) is 0 Å². The number of rotatable bonds is 5. The molecule has 1 aromatic heterocycles. The van der Waals surface area contributed by atoms with Gasteiger partial charge < -0.3 is 4.42 Å². The zero-order valence-electron chi connectivity index (χ0n) is 15.4. The molecule has 5 heteroatoms. The van der Waals surface area contributed by atoms with Crippen molar-refractivity contribution in [2.45, 2.75) is 17.6 Å².